The number of benzene rings is 1. The Balaban J connectivity index is 1.57. The number of hydrogen-bond donors (Lipinski definition) is 0. The first-order valence-corrected chi connectivity index (χ1v) is 11.1. The third-order valence-corrected chi connectivity index (χ3v) is 6.11. The van der Waals surface area contributed by atoms with Gasteiger partial charge >= 0.3 is 0 Å². The Kier molecular flexibility index (Phi) is 6.87. The highest BCUT2D eigenvalue weighted by molar-refractivity contribution is 5.92. The maximum Gasteiger partial charge on any atom is 0.290 e. The number of carbonyl (C=O) groups excluding carboxylic acids is 1. The van der Waals surface area contributed by atoms with Gasteiger partial charge < -0.3 is 19.0 Å². The Morgan fingerprint density at radius 3 is 2.60 bits per heavy atom. The van der Waals surface area contributed by atoms with Gasteiger partial charge in [-0.3, -0.25) is 9.69 Å². The van der Waals surface area contributed by atoms with Gasteiger partial charge in [0.1, 0.15) is 5.76 Å². The lowest BCUT2D eigenvalue weighted by Gasteiger charge is -2.40. The minimum atomic E-state index is 0.00235. The standard InChI is InChI=1S/C24H33N3O3/c1-3-7-22-20(17-26-12-14-29-15-13-26)16-23(30-22)24(28)27-11-10-25(2)18-21(27)19-8-5-4-6-9-19/h4-6,8-9,16,21H,3,7,10-15,17-18H2,1-2H3/t21-/m1/s1. The molecule has 0 aliphatic carbocycles. The van der Waals surface area contributed by atoms with Gasteiger partial charge in [-0.1, -0.05) is 37.3 Å². The van der Waals surface area contributed by atoms with Gasteiger partial charge in [0, 0.05) is 51.3 Å². The lowest BCUT2D eigenvalue weighted by atomic mass is 10.0. The lowest BCUT2D eigenvalue weighted by molar-refractivity contribution is 0.0339. The highest BCUT2D eigenvalue weighted by Gasteiger charge is 2.33. The molecule has 0 N–H and O–H groups in total. The molecule has 162 valence electrons. The third-order valence-electron chi connectivity index (χ3n) is 6.11. The van der Waals surface area contributed by atoms with Crippen molar-refractivity contribution < 1.29 is 13.9 Å². The van der Waals surface area contributed by atoms with Gasteiger partial charge in [0.05, 0.1) is 19.3 Å². The summed E-state index contributed by atoms with van der Waals surface area (Å²) in [5.74, 6) is 1.44. The van der Waals surface area contributed by atoms with Crippen LogP contribution in [0.2, 0.25) is 0 Å². The molecular weight excluding hydrogens is 378 g/mol. The molecule has 1 aromatic heterocycles. The van der Waals surface area contributed by atoms with Crippen molar-refractivity contribution in [3.05, 3.63) is 59.0 Å². The van der Waals surface area contributed by atoms with E-state index in [-0.39, 0.29) is 11.9 Å². The van der Waals surface area contributed by atoms with Crippen LogP contribution in [-0.2, 0) is 17.7 Å². The number of nitrogens with zero attached hydrogens (tertiary/aromatic N) is 3. The molecule has 2 aromatic rings. The van der Waals surface area contributed by atoms with Crippen molar-refractivity contribution in [1.82, 2.24) is 14.7 Å². The van der Waals surface area contributed by atoms with Crippen molar-refractivity contribution in [2.75, 3.05) is 53.0 Å². The first-order valence-electron chi connectivity index (χ1n) is 11.1. The summed E-state index contributed by atoms with van der Waals surface area (Å²) in [6, 6.07) is 12.3. The molecule has 3 heterocycles. The maximum atomic E-state index is 13.5. The average Bonchev–Trinajstić information content (AvgIpc) is 3.17. The molecule has 1 aromatic carbocycles. The van der Waals surface area contributed by atoms with Gasteiger partial charge in [-0.15, -0.1) is 0 Å². The molecule has 6 heteroatoms. The Hall–Kier alpha value is -2.15. The molecule has 4 rings (SSSR count). The van der Waals surface area contributed by atoms with Crippen LogP contribution in [0.4, 0.5) is 0 Å². The van der Waals surface area contributed by atoms with E-state index < -0.39 is 0 Å². The summed E-state index contributed by atoms with van der Waals surface area (Å²) in [5.41, 5.74) is 2.32. The van der Waals surface area contributed by atoms with Gasteiger partial charge in [-0.2, -0.15) is 0 Å². The van der Waals surface area contributed by atoms with E-state index in [2.05, 4.69) is 35.9 Å². The fourth-order valence-electron chi connectivity index (χ4n) is 4.41. The summed E-state index contributed by atoms with van der Waals surface area (Å²) in [4.78, 5) is 20.2. The van der Waals surface area contributed by atoms with Crippen molar-refractivity contribution in [2.24, 2.45) is 0 Å². The number of aryl methyl sites for hydroxylation is 1. The predicted molar refractivity (Wildman–Crippen MR) is 117 cm³/mol. The minimum Gasteiger partial charge on any atom is -0.456 e. The largest absolute Gasteiger partial charge is 0.456 e. The van der Waals surface area contributed by atoms with E-state index >= 15 is 0 Å². The smallest absolute Gasteiger partial charge is 0.290 e. The van der Waals surface area contributed by atoms with Crippen LogP contribution in [0.3, 0.4) is 0 Å². The number of rotatable bonds is 6. The summed E-state index contributed by atoms with van der Waals surface area (Å²) >= 11 is 0. The van der Waals surface area contributed by atoms with Crippen LogP contribution >= 0.6 is 0 Å². The summed E-state index contributed by atoms with van der Waals surface area (Å²) in [7, 11) is 2.12. The molecule has 2 aliphatic heterocycles. The van der Waals surface area contributed by atoms with E-state index in [1.54, 1.807) is 0 Å². The van der Waals surface area contributed by atoms with Gasteiger partial charge in [-0.05, 0) is 25.1 Å². The van der Waals surface area contributed by atoms with Crippen LogP contribution in [0.25, 0.3) is 0 Å². The fourth-order valence-corrected chi connectivity index (χ4v) is 4.41. The van der Waals surface area contributed by atoms with Crippen LogP contribution in [0.1, 0.15) is 46.8 Å². The normalized spacial score (nSPS) is 21.1. The maximum absolute atomic E-state index is 13.5. The lowest BCUT2D eigenvalue weighted by Crippen LogP contribution is -2.49. The second kappa shape index (κ2) is 9.77. The number of piperazine rings is 1. The molecule has 0 unspecified atom stereocenters. The molecule has 0 spiro atoms. The summed E-state index contributed by atoms with van der Waals surface area (Å²) in [5, 5.41) is 0. The Bertz CT molecular complexity index is 829. The molecule has 2 saturated heterocycles. The zero-order valence-corrected chi connectivity index (χ0v) is 18.2. The highest BCUT2D eigenvalue weighted by atomic mass is 16.5. The van der Waals surface area contributed by atoms with E-state index in [0.29, 0.717) is 12.3 Å². The van der Waals surface area contributed by atoms with Crippen LogP contribution in [0.15, 0.2) is 40.8 Å². The number of carbonyl (C=O) groups is 1. The molecule has 0 radical (unpaired) electrons. The van der Waals surface area contributed by atoms with Crippen molar-refractivity contribution >= 4 is 5.91 Å². The fraction of sp³-hybridized carbons (Fsp3) is 0.542. The topological polar surface area (TPSA) is 49.2 Å². The number of amides is 1. The second-order valence-corrected chi connectivity index (χ2v) is 8.38. The zero-order valence-electron chi connectivity index (χ0n) is 18.2. The van der Waals surface area contributed by atoms with Gasteiger partial charge in [0.15, 0.2) is 5.76 Å². The average molecular weight is 412 g/mol. The minimum absolute atomic E-state index is 0.00235. The van der Waals surface area contributed by atoms with Crippen molar-refractivity contribution in [3.63, 3.8) is 0 Å². The van der Waals surface area contributed by atoms with Crippen LogP contribution in [0.5, 0.6) is 0 Å². The molecule has 0 bridgehead atoms. The Labute approximate surface area is 179 Å². The number of morpholine rings is 1. The van der Waals surface area contributed by atoms with Crippen molar-refractivity contribution in [3.8, 4) is 0 Å². The van der Waals surface area contributed by atoms with Gasteiger partial charge in [0.2, 0.25) is 0 Å². The summed E-state index contributed by atoms with van der Waals surface area (Å²) in [6.07, 6.45) is 1.86. The van der Waals surface area contributed by atoms with Crippen LogP contribution in [-0.4, -0.2) is 73.6 Å². The molecule has 1 atom stereocenters. The quantitative estimate of drug-likeness (QED) is 0.731. The summed E-state index contributed by atoms with van der Waals surface area (Å²) in [6.45, 7) is 8.77. The van der Waals surface area contributed by atoms with E-state index in [9.17, 15) is 4.79 Å². The van der Waals surface area contributed by atoms with Crippen molar-refractivity contribution in [2.45, 2.75) is 32.4 Å². The number of likely N-dealkylation sites (N-methyl/N-ethyl adjacent to an activating group) is 1. The van der Waals surface area contributed by atoms with E-state index in [1.165, 1.54) is 5.56 Å². The number of hydrogen-bond acceptors (Lipinski definition) is 5. The summed E-state index contributed by atoms with van der Waals surface area (Å²) < 4.78 is 11.6. The molecule has 0 saturated carbocycles. The predicted octanol–water partition coefficient (Wildman–Crippen LogP) is 3.19. The number of furan rings is 1. The second-order valence-electron chi connectivity index (χ2n) is 8.38. The zero-order chi connectivity index (χ0) is 20.9. The SMILES string of the molecule is CCCc1oc(C(=O)N2CCN(C)C[C@@H]2c2ccccc2)cc1CN1CCOCC1. The van der Waals surface area contributed by atoms with Crippen molar-refractivity contribution in [1.29, 1.82) is 0 Å². The molecule has 30 heavy (non-hydrogen) atoms. The first-order chi connectivity index (χ1) is 14.7. The van der Waals surface area contributed by atoms with E-state index in [0.717, 1.165) is 70.1 Å². The Morgan fingerprint density at radius 1 is 1.10 bits per heavy atom. The van der Waals surface area contributed by atoms with Crippen LogP contribution in [0, 0.1) is 0 Å². The van der Waals surface area contributed by atoms with Gasteiger partial charge in [0.25, 0.3) is 5.91 Å². The first kappa shape index (κ1) is 21.1. The van der Waals surface area contributed by atoms with E-state index in [1.807, 2.05) is 29.2 Å². The molecule has 1 amide bonds. The third kappa shape index (κ3) is 4.77. The molecule has 2 aliphatic rings. The molecule has 6 nitrogen and oxygen atoms in total. The molecular formula is C24H33N3O3. The van der Waals surface area contributed by atoms with E-state index in [4.69, 9.17) is 9.15 Å². The molecule has 2 fully saturated rings. The van der Waals surface area contributed by atoms with Gasteiger partial charge in [-0.25, -0.2) is 0 Å². The number of ether oxygens (including phenoxy) is 1. The monoisotopic (exact) mass is 411 g/mol. The Morgan fingerprint density at radius 2 is 1.87 bits per heavy atom. The van der Waals surface area contributed by atoms with Crippen LogP contribution < -0.4 is 0 Å². The highest BCUT2D eigenvalue weighted by Crippen LogP contribution is 2.28.